The van der Waals surface area contributed by atoms with E-state index in [-0.39, 0.29) is 0 Å². The zero-order valence-electron chi connectivity index (χ0n) is 10.2. The van der Waals surface area contributed by atoms with Crippen molar-refractivity contribution >= 4 is 28.6 Å². The summed E-state index contributed by atoms with van der Waals surface area (Å²) in [6.45, 7) is 6.88. The Morgan fingerprint density at radius 1 is 1.29 bits per heavy atom. The molecule has 1 N–H and O–H groups in total. The summed E-state index contributed by atoms with van der Waals surface area (Å²) in [5, 5.41) is 5.22. The third-order valence-electron chi connectivity index (χ3n) is 2.56. The van der Waals surface area contributed by atoms with Crippen LogP contribution in [0.15, 0.2) is 18.2 Å². The number of aryl methyl sites for hydroxylation is 3. The van der Waals surface area contributed by atoms with Crippen LogP contribution in [0.25, 0.3) is 0 Å². The molecule has 1 aromatic carbocycles. The molecule has 0 saturated carbocycles. The average Bonchev–Trinajstić information content (AvgIpc) is 2.56. The van der Waals surface area contributed by atoms with Gasteiger partial charge in [0.2, 0.25) is 0 Å². The predicted octanol–water partition coefficient (Wildman–Crippen LogP) is 4.33. The second-order valence-corrected chi connectivity index (χ2v) is 5.77. The normalized spacial score (nSPS) is 10.6. The van der Waals surface area contributed by atoms with E-state index in [0.29, 0.717) is 0 Å². The van der Waals surface area contributed by atoms with Crippen molar-refractivity contribution in [2.75, 3.05) is 5.32 Å². The first kappa shape index (κ1) is 12.4. The molecule has 2 aromatic rings. The number of hydrogen-bond acceptors (Lipinski definition) is 3. The number of nitrogens with one attached hydrogen (secondary N) is 1. The van der Waals surface area contributed by atoms with Gasteiger partial charge in [0, 0.05) is 4.88 Å². The minimum Gasteiger partial charge on any atom is -0.379 e. The molecule has 0 radical (unpaired) electrons. The minimum atomic E-state index is 0.767. The zero-order valence-corrected chi connectivity index (χ0v) is 11.7. The standard InChI is InChI=1S/C13H15ClN2S/c1-8-4-5-12(11(14)6-8)15-7-13-9(2)16-10(3)17-13/h4-6,15H,7H2,1-3H3. The zero-order chi connectivity index (χ0) is 12.4. The van der Waals surface area contributed by atoms with Crippen LogP contribution < -0.4 is 5.32 Å². The molecule has 1 heterocycles. The van der Waals surface area contributed by atoms with Crippen molar-refractivity contribution in [2.24, 2.45) is 0 Å². The van der Waals surface area contributed by atoms with Crippen LogP contribution in [-0.2, 0) is 6.54 Å². The molecular formula is C13H15ClN2S. The highest BCUT2D eigenvalue weighted by atomic mass is 35.5. The lowest BCUT2D eigenvalue weighted by Crippen LogP contribution is -1.99. The quantitative estimate of drug-likeness (QED) is 0.894. The molecule has 0 fully saturated rings. The summed E-state index contributed by atoms with van der Waals surface area (Å²) >= 11 is 7.89. The van der Waals surface area contributed by atoms with Crippen molar-refractivity contribution in [2.45, 2.75) is 27.3 Å². The lowest BCUT2D eigenvalue weighted by Gasteiger charge is -2.08. The molecular weight excluding hydrogens is 252 g/mol. The molecule has 1 aromatic heterocycles. The van der Waals surface area contributed by atoms with Gasteiger partial charge in [-0.1, -0.05) is 17.7 Å². The first-order valence-electron chi connectivity index (χ1n) is 5.49. The lowest BCUT2D eigenvalue weighted by atomic mass is 10.2. The van der Waals surface area contributed by atoms with Crippen molar-refractivity contribution in [1.82, 2.24) is 4.98 Å². The van der Waals surface area contributed by atoms with Crippen molar-refractivity contribution in [3.05, 3.63) is 44.4 Å². The molecule has 0 unspecified atom stereocenters. The van der Waals surface area contributed by atoms with Crippen LogP contribution in [0.2, 0.25) is 5.02 Å². The third-order valence-corrected chi connectivity index (χ3v) is 3.95. The maximum atomic E-state index is 6.17. The molecule has 90 valence electrons. The van der Waals surface area contributed by atoms with Crippen LogP contribution in [0.1, 0.15) is 21.1 Å². The van der Waals surface area contributed by atoms with Gasteiger partial charge in [0.15, 0.2) is 0 Å². The van der Waals surface area contributed by atoms with Crippen LogP contribution in [0.3, 0.4) is 0 Å². The fourth-order valence-corrected chi connectivity index (χ4v) is 2.86. The number of halogens is 1. The van der Waals surface area contributed by atoms with Gasteiger partial charge in [-0.3, -0.25) is 0 Å². The van der Waals surface area contributed by atoms with E-state index in [1.165, 1.54) is 10.4 Å². The van der Waals surface area contributed by atoms with Gasteiger partial charge in [0.1, 0.15) is 0 Å². The van der Waals surface area contributed by atoms with Crippen molar-refractivity contribution in [3.63, 3.8) is 0 Å². The van der Waals surface area contributed by atoms with Crippen LogP contribution in [0.4, 0.5) is 5.69 Å². The summed E-state index contributed by atoms with van der Waals surface area (Å²) in [5.74, 6) is 0. The molecule has 4 heteroatoms. The second-order valence-electron chi connectivity index (χ2n) is 4.08. The van der Waals surface area contributed by atoms with Crippen molar-refractivity contribution in [3.8, 4) is 0 Å². The molecule has 0 aliphatic carbocycles. The van der Waals surface area contributed by atoms with Gasteiger partial charge in [0.25, 0.3) is 0 Å². The summed E-state index contributed by atoms with van der Waals surface area (Å²) in [7, 11) is 0. The Morgan fingerprint density at radius 3 is 2.65 bits per heavy atom. The Hall–Kier alpha value is -1.06. The summed E-state index contributed by atoms with van der Waals surface area (Å²) in [6.07, 6.45) is 0. The van der Waals surface area contributed by atoms with E-state index in [1.54, 1.807) is 11.3 Å². The molecule has 0 spiro atoms. The third kappa shape index (κ3) is 2.99. The Bertz CT molecular complexity index is 534. The van der Waals surface area contributed by atoms with E-state index in [1.807, 2.05) is 32.9 Å². The van der Waals surface area contributed by atoms with Crippen molar-refractivity contribution in [1.29, 1.82) is 0 Å². The number of nitrogens with zero attached hydrogens (tertiary/aromatic N) is 1. The Kier molecular flexibility index (Phi) is 3.69. The van der Waals surface area contributed by atoms with Gasteiger partial charge in [-0.15, -0.1) is 11.3 Å². The molecule has 17 heavy (non-hydrogen) atoms. The minimum absolute atomic E-state index is 0.767. The number of rotatable bonds is 3. The molecule has 2 rings (SSSR count). The highest BCUT2D eigenvalue weighted by Gasteiger charge is 2.05. The molecule has 0 bridgehead atoms. The monoisotopic (exact) mass is 266 g/mol. The summed E-state index contributed by atoms with van der Waals surface area (Å²) in [4.78, 5) is 5.67. The van der Waals surface area contributed by atoms with Gasteiger partial charge in [0.05, 0.1) is 28.0 Å². The van der Waals surface area contributed by atoms with Crippen molar-refractivity contribution < 1.29 is 0 Å². The SMILES string of the molecule is Cc1ccc(NCc2sc(C)nc2C)c(Cl)c1. The van der Waals surface area contributed by atoms with E-state index < -0.39 is 0 Å². The van der Waals surface area contributed by atoms with E-state index in [4.69, 9.17) is 11.6 Å². The average molecular weight is 267 g/mol. The Morgan fingerprint density at radius 2 is 2.06 bits per heavy atom. The van der Waals surface area contributed by atoms with Crippen LogP contribution in [0, 0.1) is 20.8 Å². The summed E-state index contributed by atoms with van der Waals surface area (Å²) in [5.41, 5.74) is 3.25. The van der Waals surface area contributed by atoms with Gasteiger partial charge in [-0.2, -0.15) is 0 Å². The number of hydrogen-bond donors (Lipinski definition) is 1. The van der Waals surface area contributed by atoms with Crippen LogP contribution in [0.5, 0.6) is 0 Å². The first-order valence-corrected chi connectivity index (χ1v) is 6.68. The van der Waals surface area contributed by atoms with E-state index >= 15 is 0 Å². The predicted molar refractivity (Wildman–Crippen MR) is 75.1 cm³/mol. The maximum Gasteiger partial charge on any atom is 0.0900 e. The molecule has 2 nitrogen and oxygen atoms in total. The van der Waals surface area contributed by atoms with Crippen LogP contribution >= 0.6 is 22.9 Å². The molecule has 0 aliphatic heterocycles. The van der Waals surface area contributed by atoms with E-state index in [2.05, 4.69) is 16.4 Å². The number of aromatic nitrogens is 1. The Balaban J connectivity index is 2.10. The molecule has 0 atom stereocenters. The topological polar surface area (TPSA) is 24.9 Å². The number of benzene rings is 1. The fraction of sp³-hybridized carbons (Fsp3) is 0.308. The number of anilines is 1. The van der Waals surface area contributed by atoms with Gasteiger partial charge in [-0.05, 0) is 38.5 Å². The van der Waals surface area contributed by atoms with E-state index in [0.717, 1.165) is 28.0 Å². The highest BCUT2D eigenvalue weighted by molar-refractivity contribution is 7.11. The first-order chi connectivity index (χ1) is 8.06. The van der Waals surface area contributed by atoms with E-state index in [9.17, 15) is 0 Å². The van der Waals surface area contributed by atoms with Gasteiger partial charge >= 0.3 is 0 Å². The fourth-order valence-electron chi connectivity index (χ4n) is 1.68. The summed E-state index contributed by atoms with van der Waals surface area (Å²) in [6, 6.07) is 6.04. The second kappa shape index (κ2) is 5.07. The summed E-state index contributed by atoms with van der Waals surface area (Å²) < 4.78 is 0. The van der Waals surface area contributed by atoms with Gasteiger partial charge < -0.3 is 5.32 Å². The molecule has 0 aliphatic rings. The highest BCUT2D eigenvalue weighted by Crippen LogP contribution is 2.25. The lowest BCUT2D eigenvalue weighted by molar-refractivity contribution is 1.11. The Labute approximate surface area is 111 Å². The van der Waals surface area contributed by atoms with Gasteiger partial charge in [-0.25, -0.2) is 4.98 Å². The largest absolute Gasteiger partial charge is 0.379 e. The molecule has 0 amide bonds. The van der Waals surface area contributed by atoms with Crippen LogP contribution in [-0.4, -0.2) is 4.98 Å². The maximum absolute atomic E-state index is 6.17. The smallest absolute Gasteiger partial charge is 0.0900 e. The number of thiazole rings is 1. The molecule has 0 saturated heterocycles.